The Bertz CT molecular complexity index is 435. The lowest BCUT2D eigenvalue weighted by Gasteiger charge is -2.40. The fourth-order valence-corrected chi connectivity index (χ4v) is 2.94. The van der Waals surface area contributed by atoms with Crippen molar-refractivity contribution in [1.29, 1.82) is 0 Å². The molecule has 2 saturated carbocycles. The molecule has 5 heteroatoms. The van der Waals surface area contributed by atoms with Crippen LogP contribution >= 0.6 is 0 Å². The topological polar surface area (TPSA) is 84.1 Å². The maximum absolute atomic E-state index is 9.45. The van der Waals surface area contributed by atoms with Gasteiger partial charge in [-0.15, -0.1) is 0 Å². The molecule has 0 unspecified atom stereocenters. The molecule has 0 radical (unpaired) electrons. The Morgan fingerprint density at radius 3 is 2.74 bits per heavy atom. The van der Waals surface area contributed by atoms with Gasteiger partial charge < -0.3 is 16.2 Å². The molecule has 3 rings (SSSR count). The molecular weight excluding hydrogens is 240 g/mol. The first-order chi connectivity index (χ1) is 9.21. The number of aliphatic hydroxyl groups is 1. The summed E-state index contributed by atoms with van der Waals surface area (Å²) in [6.45, 7) is 1.06. The summed E-state index contributed by atoms with van der Waals surface area (Å²) in [6, 6.07) is 2.37. The van der Waals surface area contributed by atoms with Gasteiger partial charge in [0.25, 0.3) is 0 Å². The molecule has 5 nitrogen and oxygen atoms in total. The third-order valence-electron chi connectivity index (χ3n) is 4.68. The van der Waals surface area contributed by atoms with Crippen molar-refractivity contribution in [3.63, 3.8) is 0 Å². The number of aromatic nitrogens is 2. The molecule has 0 aliphatic heterocycles. The Morgan fingerprint density at radius 1 is 1.37 bits per heavy atom. The molecular formula is C14H22N4O. The second-order valence-corrected chi connectivity index (χ2v) is 6.12. The summed E-state index contributed by atoms with van der Waals surface area (Å²) in [5.74, 6) is 1.36. The molecule has 0 aromatic carbocycles. The van der Waals surface area contributed by atoms with Crippen LogP contribution < -0.4 is 11.1 Å². The summed E-state index contributed by atoms with van der Waals surface area (Å²) in [6.07, 6.45) is 7.09. The summed E-state index contributed by atoms with van der Waals surface area (Å²) in [5, 5.41) is 12.8. The molecule has 19 heavy (non-hydrogen) atoms. The average Bonchev–Trinajstić information content (AvgIpc) is 2.35. The summed E-state index contributed by atoms with van der Waals surface area (Å²) in [5.41, 5.74) is 6.98. The number of anilines is 1. The van der Waals surface area contributed by atoms with Crippen molar-refractivity contribution in [2.45, 2.75) is 44.1 Å². The van der Waals surface area contributed by atoms with Crippen molar-refractivity contribution in [3.8, 4) is 0 Å². The van der Waals surface area contributed by atoms with Gasteiger partial charge in [-0.05, 0) is 25.7 Å². The summed E-state index contributed by atoms with van der Waals surface area (Å²) < 4.78 is 0. The van der Waals surface area contributed by atoms with Gasteiger partial charge in [0.05, 0.1) is 6.61 Å². The van der Waals surface area contributed by atoms with E-state index in [1.54, 1.807) is 6.33 Å². The Morgan fingerprint density at radius 2 is 2.16 bits per heavy atom. The van der Waals surface area contributed by atoms with E-state index in [4.69, 9.17) is 5.73 Å². The highest BCUT2D eigenvalue weighted by Crippen LogP contribution is 2.40. The van der Waals surface area contributed by atoms with Crippen LogP contribution in [0.1, 0.15) is 43.7 Å². The molecule has 0 spiro atoms. The molecule has 0 saturated heterocycles. The molecule has 2 aliphatic rings. The molecule has 1 aromatic rings. The van der Waals surface area contributed by atoms with Gasteiger partial charge in [-0.2, -0.15) is 0 Å². The molecule has 4 N–H and O–H groups in total. The molecule has 0 amide bonds. The molecule has 1 heterocycles. The maximum Gasteiger partial charge on any atom is 0.129 e. The van der Waals surface area contributed by atoms with E-state index in [2.05, 4.69) is 15.3 Å². The maximum atomic E-state index is 9.45. The van der Waals surface area contributed by atoms with Crippen LogP contribution in [-0.4, -0.2) is 34.3 Å². The average molecular weight is 262 g/mol. The number of nitrogens with two attached hydrogens (primary N) is 1. The fourth-order valence-electron chi connectivity index (χ4n) is 2.94. The zero-order valence-electron chi connectivity index (χ0n) is 11.2. The van der Waals surface area contributed by atoms with E-state index >= 15 is 0 Å². The van der Waals surface area contributed by atoms with E-state index in [-0.39, 0.29) is 12.0 Å². The number of rotatable bonds is 5. The van der Waals surface area contributed by atoms with E-state index in [0.29, 0.717) is 12.0 Å². The van der Waals surface area contributed by atoms with Crippen LogP contribution in [0.5, 0.6) is 0 Å². The standard InChI is InChI=1S/C14H22N4O/c15-11-4-10(5-11)12-6-13(18-9-17-12)16-7-14(8-19)2-1-3-14/h6,9-11,19H,1-5,7-8,15H2,(H,16,17,18). The van der Waals surface area contributed by atoms with Crippen LogP contribution in [0, 0.1) is 5.41 Å². The van der Waals surface area contributed by atoms with E-state index in [0.717, 1.165) is 43.7 Å². The largest absolute Gasteiger partial charge is 0.396 e. The van der Waals surface area contributed by atoms with E-state index < -0.39 is 0 Å². The van der Waals surface area contributed by atoms with Gasteiger partial charge in [-0.3, -0.25) is 0 Å². The van der Waals surface area contributed by atoms with E-state index in [1.165, 1.54) is 6.42 Å². The predicted molar refractivity (Wildman–Crippen MR) is 73.8 cm³/mol. The third kappa shape index (κ3) is 2.58. The second-order valence-electron chi connectivity index (χ2n) is 6.12. The Hall–Kier alpha value is -1.20. The number of nitrogens with zero attached hydrogens (tertiary/aromatic N) is 2. The minimum absolute atomic E-state index is 0.0734. The van der Waals surface area contributed by atoms with Crippen molar-refractivity contribution in [2.75, 3.05) is 18.5 Å². The monoisotopic (exact) mass is 262 g/mol. The highest BCUT2D eigenvalue weighted by atomic mass is 16.3. The molecule has 2 aliphatic carbocycles. The van der Waals surface area contributed by atoms with Crippen LogP contribution in [0.15, 0.2) is 12.4 Å². The Balaban J connectivity index is 1.60. The normalized spacial score (nSPS) is 28.3. The van der Waals surface area contributed by atoms with Crippen LogP contribution in [-0.2, 0) is 0 Å². The van der Waals surface area contributed by atoms with E-state index in [1.807, 2.05) is 6.07 Å². The molecule has 2 fully saturated rings. The highest BCUT2D eigenvalue weighted by molar-refractivity contribution is 5.37. The summed E-state index contributed by atoms with van der Waals surface area (Å²) in [7, 11) is 0. The van der Waals surface area contributed by atoms with Crippen molar-refractivity contribution < 1.29 is 5.11 Å². The van der Waals surface area contributed by atoms with Gasteiger partial charge in [0.1, 0.15) is 12.1 Å². The lowest BCUT2D eigenvalue weighted by molar-refractivity contribution is 0.0575. The fraction of sp³-hybridized carbons (Fsp3) is 0.714. The first kappa shape index (κ1) is 12.8. The Labute approximate surface area is 113 Å². The Kier molecular flexibility index (Phi) is 3.41. The predicted octanol–water partition coefficient (Wildman–Crippen LogP) is 1.26. The molecule has 0 bridgehead atoms. The van der Waals surface area contributed by atoms with Crippen LogP contribution in [0.25, 0.3) is 0 Å². The number of hydrogen-bond donors (Lipinski definition) is 3. The van der Waals surface area contributed by atoms with Crippen molar-refractivity contribution in [1.82, 2.24) is 9.97 Å². The van der Waals surface area contributed by atoms with Gasteiger partial charge in [0, 0.05) is 35.7 Å². The zero-order chi connectivity index (χ0) is 13.3. The van der Waals surface area contributed by atoms with Crippen LogP contribution in [0.4, 0.5) is 5.82 Å². The van der Waals surface area contributed by atoms with Crippen molar-refractivity contribution in [2.24, 2.45) is 11.1 Å². The van der Waals surface area contributed by atoms with Gasteiger partial charge in [-0.1, -0.05) is 6.42 Å². The van der Waals surface area contributed by atoms with Crippen molar-refractivity contribution in [3.05, 3.63) is 18.1 Å². The number of hydrogen-bond acceptors (Lipinski definition) is 5. The van der Waals surface area contributed by atoms with Gasteiger partial charge in [-0.25, -0.2) is 9.97 Å². The number of aliphatic hydroxyl groups excluding tert-OH is 1. The van der Waals surface area contributed by atoms with Gasteiger partial charge in [0.15, 0.2) is 0 Å². The smallest absolute Gasteiger partial charge is 0.129 e. The summed E-state index contributed by atoms with van der Waals surface area (Å²) in [4.78, 5) is 8.60. The SMILES string of the molecule is NC1CC(c2cc(NCC3(CO)CCC3)ncn2)C1. The van der Waals surface area contributed by atoms with Crippen molar-refractivity contribution >= 4 is 5.82 Å². The second kappa shape index (κ2) is 5.06. The molecule has 104 valence electrons. The molecule has 0 atom stereocenters. The molecule has 1 aromatic heterocycles. The minimum atomic E-state index is 0.0734. The van der Waals surface area contributed by atoms with Crippen LogP contribution in [0.2, 0.25) is 0 Å². The quantitative estimate of drug-likeness (QED) is 0.744. The van der Waals surface area contributed by atoms with Gasteiger partial charge >= 0.3 is 0 Å². The first-order valence-electron chi connectivity index (χ1n) is 7.13. The summed E-state index contributed by atoms with van der Waals surface area (Å²) >= 11 is 0. The third-order valence-corrected chi connectivity index (χ3v) is 4.68. The lowest BCUT2D eigenvalue weighted by atomic mass is 9.69. The van der Waals surface area contributed by atoms with Gasteiger partial charge in [0.2, 0.25) is 0 Å². The highest BCUT2D eigenvalue weighted by Gasteiger charge is 2.36. The minimum Gasteiger partial charge on any atom is -0.396 e. The van der Waals surface area contributed by atoms with E-state index in [9.17, 15) is 5.11 Å². The number of nitrogens with one attached hydrogen (secondary N) is 1. The van der Waals surface area contributed by atoms with Crippen LogP contribution in [0.3, 0.4) is 0 Å². The zero-order valence-corrected chi connectivity index (χ0v) is 11.2. The lowest BCUT2D eigenvalue weighted by Crippen LogP contribution is -2.40. The first-order valence-corrected chi connectivity index (χ1v) is 7.13.